The number of nitrogens with zero attached hydrogens (tertiary/aromatic N) is 1. The SMILES string of the molecule is CC(NCCS(C)(=O)=O)C1CCCN(C)C1. The van der Waals surface area contributed by atoms with Crippen LogP contribution in [0.3, 0.4) is 0 Å². The van der Waals surface area contributed by atoms with Crippen LogP contribution in [0.5, 0.6) is 0 Å². The average molecular weight is 248 g/mol. The molecule has 2 unspecified atom stereocenters. The molecule has 1 aliphatic heterocycles. The van der Waals surface area contributed by atoms with Crippen LogP contribution >= 0.6 is 0 Å². The van der Waals surface area contributed by atoms with Crippen LogP contribution in [0.15, 0.2) is 0 Å². The maximum atomic E-state index is 11.0. The van der Waals surface area contributed by atoms with Gasteiger partial charge in [-0.3, -0.25) is 0 Å². The number of hydrogen-bond acceptors (Lipinski definition) is 4. The highest BCUT2D eigenvalue weighted by atomic mass is 32.2. The highest BCUT2D eigenvalue weighted by Crippen LogP contribution is 2.18. The van der Waals surface area contributed by atoms with Crippen LogP contribution in [0.25, 0.3) is 0 Å². The summed E-state index contributed by atoms with van der Waals surface area (Å²) in [7, 11) is -0.686. The molecule has 1 saturated heterocycles. The number of piperidine rings is 1. The number of hydrogen-bond donors (Lipinski definition) is 1. The second-order valence-electron chi connectivity index (χ2n) is 5.04. The van der Waals surface area contributed by atoms with Crippen molar-refractivity contribution in [3.8, 4) is 0 Å². The standard InChI is InChI=1S/C11H24N2O2S/c1-10(12-6-8-16(3,14)15)11-5-4-7-13(2)9-11/h10-12H,4-9H2,1-3H3. The van der Waals surface area contributed by atoms with Gasteiger partial charge in [0, 0.05) is 25.4 Å². The number of sulfone groups is 1. The van der Waals surface area contributed by atoms with Crippen molar-refractivity contribution in [2.75, 3.05) is 38.7 Å². The first-order valence-electron chi connectivity index (χ1n) is 5.98. The Balaban J connectivity index is 2.26. The fraction of sp³-hybridized carbons (Fsp3) is 1.00. The molecule has 5 heteroatoms. The Morgan fingerprint density at radius 1 is 1.50 bits per heavy atom. The topological polar surface area (TPSA) is 49.4 Å². The lowest BCUT2D eigenvalue weighted by molar-refractivity contribution is 0.180. The van der Waals surface area contributed by atoms with Crippen LogP contribution in [-0.4, -0.2) is 58.1 Å². The number of rotatable bonds is 5. The Bertz CT molecular complexity index is 303. The predicted octanol–water partition coefficient (Wildman–Crippen LogP) is 0.351. The summed E-state index contributed by atoms with van der Waals surface area (Å²) in [6, 6.07) is 0.407. The summed E-state index contributed by atoms with van der Waals surface area (Å²) >= 11 is 0. The van der Waals surface area contributed by atoms with Gasteiger partial charge in [-0.05, 0) is 39.3 Å². The smallest absolute Gasteiger partial charge is 0.148 e. The summed E-state index contributed by atoms with van der Waals surface area (Å²) in [5.41, 5.74) is 0. The highest BCUT2D eigenvalue weighted by molar-refractivity contribution is 7.90. The fourth-order valence-corrected chi connectivity index (χ4v) is 2.74. The van der Waals surface area contributed by atoms with Crippen molar-refractivity contribution >= 4 is 9.84 Å². The van der Waals surface area contributed by atoms with Crippen LogP contribution in [0, 0.1) is 5.92 Å². The summed E-state index contributed by atoms with van der Waals surface area (Å²) in [6.45, 7) is 5.03. The number of likely N-dealkylation sites (tertiary alicyclic amines) is 1. The van der Waals surface area contributed by atoms with Gasteiger partial charge >= 0.3 is 0 Å². The Hall–Kier alpha value is -0.130. The van der Waals surface area contributed by atoms with Crippen molar-refractivity contribution in [3.63, 3.8) is 0 Å². The zero-order valence-electron chi connectivity index (χ0n) is 10.6. The molecule has 0 aliphatic carbocycles. The lowest BCUT2D eigenvalue weighted by Gasteiger charge is -2.33. The molecule has 1 rings (SSSR count). The molecule has 16 heavy (non-hydrogen) atoms. The van der Waals surface area contributed by atoms with E-state index in [1.54, 1.807) is 0 Å². The van der Waals surface area contributed by atoms with Gasteiger partial charge in [0.25, 0.3) is 0 Å². The average Bonchev–Trinajstić information content (AvgIpc) is 2.15. The van der Waals surface area contributed by atoms with E-state index in [2.05, 4.69) is 24.2 Å². The van der Waals surface area contributed by atoms with E-state index >= 15 is 0 Å². The van der Waals surface area contributed by atoms with E-state index in [1.807, 2.05) is 0 Å². The minimum atomic E-state index is -2.83. The summed E-state index contributed by atoms with van der Waals surface area (Å²) < 4.78 is 22.0. The molecule has 2 atom stereocenters. The predicted molar refractivity (Wildman–Crippen MR) is 67.4 cm³/mol. The van der Waals surface area contributed by atoms with Crippen molar-refractivity contribution in [1.82, 2.24) is 10.2 Å². The quantitative estimate of drug-likeness (QED) is 0.763. The first-order valence-corrected chi connectivity index (χ1v) is 8.04. The van der Waals surface area contributed by atoms with E-state index in [1.165, 1.54) is 25.6 Å². The largest absolute Gasteiger partial charge is 0.313 e. The number of nitrogens with one attached hydrogen (secondary N) is 1. The fourth-order valence-electron chi connectivity index (χ4n) is 2.25. The molecule has 1 N–H and O–H groups in total. The Morgan fingerprint density at radius 3 is 2.75 bits per heavy atom. The molecule has 96 valence electrons. The van der Waals surface area contributed by atoms with Gasteiger partial charge in [-0.25, -0.2) is 8.42 Å². The maximum absolute atomic E-state index is 11.0. The second kappa shape index (κ2) is 5.98. The van der Waals surface area contributed by atoms with Crippen LogP contribution in [0.4, 0.5) is 0 Å². The molecule has 0 saturated carbocycles. The zero-order chi connectivity index (χ0) is 12.2. The van der Waals surface area contributed by atoms with Gasteiger partial charge in [0.1, 0.15) is 9.84 Å². The summed E-state index contributed by atoms with van der Waals surface area (Å²) in [5, 5.41) is 3.32. The van der Waals surface area contributed by atoms with Crippen LogP contribution < -0.4 is 5.32 Å². The first-order chi connectivity index (χ1) is 7.38. The molecule has 0 bridgehead atoms. The van der Waals surface area contributed by atoms with E-state index < -0.39 is 9.84 Å². The van der Waals surface area contributed by atoms with E-state index in [9.17, 15) is 8.42 Å². The Labute approximate surface area is 99.3 Å². The molecule has 1 fully saturated rings. The van der Waals surface area contributed by atoms with Gasteiger partial charge in [-0.2, -0.15) is 0 Å². The molecule has 0 amide bonds. The molecular weight excluding hydrogens is 224 g/mol. The monoisotopic (exact) mass is 248 g/mol. The minimum absolute atomic E-state index is 0.236. The van der Waals surface area contributed by atoms with E-state index in [-0.39, 0.29) is 5.75 Å². The molecule has 0 radical (unpaired) electrons. The van der Waals surface area contributed by atoms with Gasteiger partial charge in [0.15, 0.2) is 0 Å². The summed E-state index contributed by atoms with van der Waals surface area (Å²) in [5.74, 6) is 0.887. The lowest BCUT2D eigenvalue weighted by atomic mass is 9.92. The minimum Gasteiger partial charge on any atom is -0.313 e. The molecule has 1 heterocycles. The molecular formula is C11H24N2O2S. The zero-order valence-corrected chi connectivity index (χ0v) is 11.4. The normalized spacial score (nSPS) is 25.6. The second-order valence-corrected chi connectivity index (χ2v) is 7.30. The Morgan fingerprint density at radius 2 is 2.19 bits per heavy atom. The third-order valence-electron chi connectivity index (χ3n) is 3.31. The van der Waals surface area contributed by atoms with Gasteiger partial charge in [-0.15, -0.1) is 0 Å². The Kier molecular flexibility index (Phi) is 5.21. The molecule has 0 aromatic carbocycles. The van der Waals surface area contributed by atoms with Crippen LogP contribution in [0.1, 0.15) is 19.8 Å². The van der Waals surface area contributed by atoms with Crippen molar-refractivity contribution in [1.29, 1.82) is 0 Å². The van der Waals surface area contributed by atoms with Gasteiger partial charge < -0.3 is 10.2 Å². The lowest BCUT2D eigenvalue weighted by Crippen LogP contribution is -2.44. The van der Waals surface area contributed by atoms with Gasteiger partial charge in [-0.1, -0.05) is 0 Å². The molecule has 0 aromatic heterocycles. The van der Waals surface area contributed by atoms with E-state index in [0.717, 1.165) is 6.54 Å². The van der Waals surface area contributed by atoms with Crippen LogP contribution in [-0.2, 0) is 9.84 Å². The van der Waals surface area contributed by atoms with Crippen molar-refractivity contribution < 1.29 is 8.42 Å². The van der Waals surface area contributed by atoms with Crippen molar-refractivity contribution in [3.05, 3.63) is 0 Å². The van der Waals surface area contributed by atoms with Crippen molar-refractivity contribution in [2.45, 2.75) is 25.8 Å². The maximum Gasteiger partial charge on any atom is 0.148 e. The van der Waals surface area contributed by atoms with Crippen molar-refractivity contribution in [2.24, 2.45) is 5.92 Å². The molecule has 4 nitrogen and oxygen atoms in total. The summed E-state index contributed by atoms with van der Waals surface area (Å²) in [6.07, 6.45) is 3.78. The van der Waals surface area contributed by atoms with Crippen LogP contribution in [0.2, 0.25) is 0 Å². The summed E-state index contributed by atoms with van der Waals surface area (Å²) in [4.78, 5) is 2.35. The molecule has 0 spiro atoms. The van der Waals surface area contributed by atoms with Gasteiger partial charge in [0.05, 0.1) is 5.75 Å². The highest BCUT2D eigenvalue weighted by Gasteiger charge is 2.22. The first kappa shape index (κ1) is 13.9. The third-order valence-corrected chi connectivity index (χ3v) is 4.25. The van der Waals surface area contributed by atoms with E-state index in [4.69, 9.17) is 0 Å². The molecule has 0 aromatic rings. The molecule has 1 aliphatic rings. The van der Waals surface area contributed by atoms with E-state index in [0.29, 0.717) is 18.5 Å². The van der Waals surface area contributed by atoms with Gasteiger partial charge in [0.2, 0.25) is 0 Å². The third kappa shape index (κ3) is 5.27.